The monoisotopic (exact) mass is 192 g/mol. The van der Waals surface area contributed by atoms with Gasteiger partial charge in [0, 0.05) is 13.1 Å². The molecule has 2 aliphatic rings. The van der Waals surface area contributed by atoms with Crippen molar-refractivity contribution in [1.82, 2.24) is 4.90 Å². The molecule has 0 fully saturated rings. The van der Waals surface area contributed by atoms with Crippen LogP contribution in [0.25, 0.3) is 0 Å². The first-order valence-corrected chi connectivity index (χ1v) is 5.85. The van der Waals surface area contributed by atoms with E-state index in [-0.39, 0.29) is 0 Å². The van der Waals surface area contributed by atoms with Gasteiger partial charge in [-0.15, -0.1) is 0 Å². The molecule has 0 aromatic rings. The van der Waals surface area contributed by atoms with Crippen molar-refractivity contribution < 1.29 is 0 Å². The number of rotatable bonds is 0. The van der Waals surface area contributed by atoms with Crippen LogP contribution in [0, 0.1) is 0 Å². The summed E-state index contributed by atoms with van der Waals surface area (Å²) in [5.41, 5.74) is 0. The molecule has 2 nitrogen and oxygen atoms in total. The first-order valence-electron chi connectivity index (χ1n) is 5.85. The van der Waals surface area contributed by atoms with Crippen molar-refractivity contribution in [2.24, 2.45) is 4.99 Å². The highest BCUT2D eigenvalue weighted by Crippen LogP contribution is 2.14. The minimum absolute atomic E-state index is 0.520. The van der Waals surface area contributed by atoms with Crippen molar-refractivity contribution in [1.29, 1.82) is 0 Å². The van der Waals surface area contributed by atoms with Crippen LogP contribution in [0.15, 0.2) is 17.1 Å². The summed E-state index contributed by atoms with van der Waals surface area (Å²) in [5.74, 6) is 1.23. The van der Waals surface area contributed by atoms with E-state index in [9.17, 15) is 0 Å². The van der Waals surface area contributed by atoms with Gasteiger partial charge in [-0.25, -0.2) is 0 Å². The van der Waals surface area contributed by atoms with Gasteiger partial charge in [0.15, 0.2) is 0 Å². The molecule has 0 N–H and O–H groups in total. The largest absolute Gasteiger partial charge is 0.357 e. The van der Waals surface area contributed by atoms with Gasteiger partial charge in [0.2, 0.25) is 0 Å². The standard InChI is InChI=1S/C12H20N2/c1-11-8-10-14-9-6-4-2-3-5-7-12(14)13-11/h5,7,11H,2-4,6,8-10H2,1H3. The normalized spacial score (nSPS) is 28.5. The second kappa shape index (κ2) is 4.63. The van der Waals surface area contributed by atoms with Crippen LogP contribution in [0.3, 0.4) is 0 Å². The summed E-state index contributed by atoms with van der Waals surface area (Å²) in [6.07, 6.45) is 11.0. The van der Waals surface area contributed by atoms with Gasteiger partial charge in [-0.05, 0) is 38.7 Å². The molecular formula is C12H20N2. The zero-order valence-electron chi connectivity index (χ0n) is 9.08. The van der Waals surface area contributed by atoms with Crippen molar-refractivity contribution in [3.8, 4) is 0 Å². The fourth-order valence-corrected chi connectivity index (χ4v) is 2.13. The minimum atomic E-state index is 0.520. The summed E-state index contributed by atoms with van der Waals surface area (Å²) in [4.78, 5) is 7.15. The van der Waals surface area contributed by atoms with Gasteiger partial charge in [0.25, 0.3) is 0 Å². The van der Waals surface area contributed by atoms with E-state index in [1.54, 1.807) is 0 Å². The summed E-state index contributed by atoms with van der Waals surface area (Å²) < 4.78 is 0. The molecule has 0 aliphatic carbocycles. The number of nitrogens with zero attached hydrogens (tertiary/aromatic N) is 2. The van der Waals surface area contributed by atoms with Gasteiger partial charge in [0.1, 0.15) is 5.84 Å². The Morgan fingerprint density at radius 3 is 3.14 bits per heavy atom. The minimum Gasteiger partial charge on any atom is -0.357 e. The maximum atomic E-state index is 4.70. The molecule has 78 valence electrons. The smallest absolute Gasteiger partial charge is 0.123 e. The molecule has 0 aromatic heterocycles. The third-order valence-electron chi connectivity index (χ3n) is 3.06. The number of allylic oxidation sites excluding steroid dienone is 1. The summed E-state index contributed by atoms with van der Waals surface area (Å²) >= 11 is 0. The summed E-state index contributed by atoms with van der Waals surface area (Å²) in [5, 5.41) is 0. The molecule has 0 saturated carbocycles. The van der Waals surface area contributed by atoms with Crippen LogP contribution >= 0.6 is 0 Å². The molecule has 2 aliphatic heterocycles. The lowest BCUT2D eigenvalue weighted by atomic mass is 10.1. The van der Waals surface area contributed by atoms with Crippen LogP contribution < -0.4 is 0 Å². The lowest BCUT2D eigenvalue weighted by molar-refractivity contribution is 0.363. The van der Waals surface area contributed by atoms with Gasteiger partial charge in [-0.2, -0.15) is 0 Å². The van der Waals surface area contributed by atoms with Crippen molar-refractivity contribution >= 4 is 5.84 Å². The Hall–Kier alpha value is -0.790. The Morgan fingerprint density at radius 1 is 1.29 bits per heavy atom. The molecule has 0 aromatic carbocycles. The molecule has 0 amide bonds. The number of hydrogen-bond donors (Lipinski definition) is 0. The van der Waals surface area contributed by atoms with Crippen LogP contribution in [-0.4, -0.2) is 29.9 Å². The van der Waals surface area contributed by atoms with Crippen LogP contribution in [0.1, 0.15) is 39.0 Å². The van der Waals surface area contributed by atoms with E-state index >= 15 is 0 Å². The van der Waals surface area contributed by atoms with E-state index in [4.69, 9.17) is 4.99 Å². The fraction of sp³-hybridized carbons (Fsp3) is 0.750. The third kappa shape index (κ3) is 2.37. The van der Waals surface area contributed by atoms with Gasteiger partial charge >= 0.3 is 0 Å². The fourth-order valence-electron chi connectivity index (χ4n) is 2.13. The Bertz CT molecular complexity index is 243. The molecule has 0 radical (unpaired) electrons. The molecule has 14 heavy (non-hydrogen) atoms. The van der Waals surface area contributed by atoms with Crippen molar-refractivity contribution in [3.63, 3.8) is 0 Å². The Morgan fingerprint density at radius 2 is 2.21 bits per heavy atom. The van der Waals surface area contributed by atoms with Gasteiger partial charge in [0.05, 0.1) is 6.04 Å². The predicted molar refractivity (Wildman–Crippen MR) is 60.7 cm³/mol. The van der Waals surface area contributed by atoms with Crippen LogP contribution in [0.2, 0.25) is 0 Å². The van der Waals surface area contributed by atoms with E-state index in [1.165, 1.54) is 51.0 Å². The summed E-state index contributed by atoms with van der Waals surface area (Å²) in [7, 11) is 0. The van der Waals surface area contributed by atoms with E-state index in [0.29, 0.717) is 6.04 Å². The van der Waals surface area contributed by atoms with Crippen molar-refractivity contribution in [3.05, 3.63) is 12.2 Å². The van der Waals surface area contributed by atoms with Crippen LogP contribution in [0.4, 0.5) is 0 Å². The maximum Gasteiger partial charge on any atom is 0.123 e. The number of amidine groups is 1. The second-order valence-corrected chi connectivity index (χ2v) is 4.36. The topological polar surface area (TPSA) is 15.6 Å². The summed E-state index contributed by atoms with van der Waals surface area (Å²) in [6.45, 7) is 4.62. The number of fused-ring (bicyclic) bond motifs is 1. The number of aliphatic imine (C=N–C) groups is 1. The van der Waals surface area contributed by atoms with Gasteiger partial charge in [-0.1, -0.05) is 12.5 Å². The van der Waals surface area contributed by atoms with E-state index < -0.39 is 0 Å². The van der Waals surface area contributed by atoms with Crippen molar-refractivity contribution in [2.75, 3.05) is 13.1 Å². The quantitative estimate of drug-likeness (QED) is 0.576. The molecule has 1 unspecified atom stereocenters. The molecule has 2 rings (SSSR count). The molecule has 2 heteroatoms. The lowest BCUT2D eigenvalue weighted by Crippen LogP contribution is -2.37. The zero-order valence-corrected chi connectivity index (χ0v) is 9.08. The molecule has 0 saturated heterocycles. The highest BCUT2D eigenvalue weighted by atomic mass is 15.2. The molecular weight excluding hydrogens is 172 g/mol. The van der Waals surface area contributed by atoms with E-state index in [1.807, 2.05) is 0 Å². The highest BCUT2D eigenvalue weighted by molar-refractivity contribution is 5.93. The third-order valence-corrected chi connectivity index (χ3v) is 3.06. The van der Waals surface area contributed by atoms with Crippen molar-refractivity contribution in [2.45, 2.75) is 45.1 Å². The SMILES string of the molecule is CC1CCN2CCCCCC=CC2=N1. The van der Waals surface area contributed by atoms with Crippen LogP contribution in [0.5, 0.6) is 0 Å². The first-order chi connectivity index (χ1) is 6.86. The summed E-state index contributed by atoms with van der Waals surface area (Å²) in [6, 6.07) is 0.520. The molecule has 0 bridgehead atoms. The Balaban J connectivity index is 2.11. The Kier molecular flexibility index (Phi) is 3.22. The predicted octanol–water partition coefficient (Wildman–Crippen LogP) is 2.61. The average molecular weight is 192 g/mol. The molecule has 0 spiro atoms. The van der Waals surface area contributed by atoms with E-state index in [0.717, 1.165) is 0 Å². The first kappa shape index (κ1) is 9.75. The van der Waals surface area contributed by atoms with E-state index in [2.05, 4.69) is 24.0 Å². The Labute approximate surface area is 86.7 Å². The van der Waals surface area contributed by atoms with Gasteiger partial charge in [-0.3, -0.25) is 4.99 Å². The average Bonchev–Trinajstić information content (AvgIpc) is 2.29. The zero-order chi connectivity index (χ0) is 9.80. The second-order valence-electron chi connectivity index (χ2n) is 4.36. The highest BCUT2D eigenvalue weighted by Gasteiger charge is 2.16. The molecule has 2 heterocycles. The lowest BCUT2D eigenvalue weighted by Gasteiger charge is -2.30. The number of hydrogen-bond acceptors (Lipinski definition) is 2. The van der Waals surface area contributed by atoms with Crippen LogP contribution in [-0.2, 0) is 0 Å². The molecule has 1 atom stereocenters. The van der Waals surface area contributed by atoms with Gasteiger partial charge < -0.3 is 4.90 Å². The maximum absolute atomic E-state index is 4.70.